The molecule has 0 aliphatic carbocycles. The maximum Gasteiger partial charge on any atom is 0.179 e. The molecule has 1 fully saturated rings. The monoisotopic (exact) mass is 331 g/mol. The quantitative estimate of drug-likeness (QED) is 0.835. The van der Waals surface area contributed by atoms with Crippen LogP contribution in [0.1, 0.15) is 18.9 Å². The van der Waals surface area contributed by atoms with E-state index in [1.54, 1.807) is 24.3 Å². The molecule has 0 radical (unpaired) electrons. The zero-order chi connectivity index (χ0) is 15.5. The number of ether oxygens (including phenoxy) is 1. The van der Waals surface area contributed by atoms with Gasteiger partial charge in [0.1, 0.15) is 0 Å². The third-order valence-corrected chi connectivity index (χ3v) is 7.61. The van der Waals surface area contributed by atoms with Gasteiger partial charge in [0.2, 0.25) is 0 Å². The second-order valence-electron chi connectivity index (χ2n) is 5.15. The fourth-order valence-corrected chi connectivity index (χ4v) is 5.84. The Bertz CT molecular complexity index is 598. The van der Waals surface area contributed by atoms with Gasteiger partial charge in [-0.15, -0.1) is 0 Å². The van der Waals surface area contributed by atoms with Crippen LogP contribution >= 0.6 is 0 Å². The number of rotatable bonds is 6. The van der Waals surface area contributed by atoms with Crippen molar-refractivity contribution in [3.63, 3.8) is 0 Å². The van der Waals surface area contributed by atoms with Gasteiger partial charge in [0.15, 0.2) is 9.84 Å². The summed E-state index contributed by atoms with van der Waals surface area (Å²) in [7, 11) is -4.58. The van der Waals surface area contributed by atoms with Gasteiger partial charge in [0.05, 0.1) is 22.0 Å². The number of benzene rings is 1. The first-order valence-corrected chi connectivity index (χ1v) is 9.98. The first-order valence-electron chi connectivity index (χ1n) is 6.94. The van der Waals surface area contributed by atoms with Crippen molar-refractivity contribution in [1.82, 2.24) is 0 Å². The standard InChI is InChI=1S/C14H21NO4S2/c1-11-14(6-7-19-11)20(16)8-9-21(17,18)13-4-2-12(10-15)3-5-13/h2-5,11,14H,6-10,15H2,1H3. The Kier molecular flexibility index (Phi) is 5.54. The summed E-state index contributed by atoms with van der Waals surface area (Å²) in [6.07, 6.45) is 0.677. The summed E-state index contributed by atoms with van der Waals surface area (Å²) in [6.45, 7) is 2.87. The summed E-state index contributed by atoms with van der Waals surface area (Å²) in [4.78, 5) is 0.257. The highest BCUT2D eigenvalue weighted by atomic mass is 32.2. The Labute approximate surface area is 128 Å². The predicted molar refractivity (Wildman–Crippen MR) is 83.2 cm³/mol. The van der Waals surface area contributed by atoms with Crippen molar-refractivity contribution in [3.05, 3.63) is 29.8 Å². The van der Waals surface area contributed by atoms with E-state index in [0.29, 0.717) is 13.2 Å². The van der Waals surface area contributed by atoms with E-state index in [4.69, 9.17) is 10.5 Å². The van der Waals surface area contributed by atoms with Gasteiger partial charge in [-0.1, -0.05) is 12.1 Å². The third-order valence-electron chi connectivity index (χ3n) is 3.72. The molecule has 1 aromatic carbocycles. The molecule has 2 rings (SSSR count). The minimum Gasteiger partial charge on any atom is -0.377 e. The van der Waals surface area contributed by atoms with Crippen molar-refractivity contribution >= 4 is 20.6 Å². The van der Waals surface area contributed by atoms with Gasteiger partial charge in [-0.25, -0.2) is 8.42 Å². The lowest BCUT2D eigenvalue weighted by Crippen LogP contribution is -2.27. The number of hydrogen-bond acceptors (Lipinski definition) is 5. The summed E-state index contributed by atoms with van der Waals surface area (Å²) in [5.41, 5.74) is 6.37. The molecule has 0 spiro atoms. The maximum absolute atomic E-state index is 12.2. The molecule has 5 nitrogen and oxygen atoms in total. The molecule has 21 heavy (non-hydrogen) atoms. The molecule has 3 unspecified atom stereocenters. The summed E-state index contributed by atoms with van der Waals surface area (Å²) in [5.74, 6) is 0.0458. The van der Waals surface area contributed by atoms with Crippen LogP contribution in [-0.4, -0.2) is 42.1 Å². The van der Waals surface area contributed by atoms with Crippen LogP contribution in [0.2, 0.25) is 0 Å². The van der Waals surface area contributed by atoms with Crippen LogP contribution in [0.3, 0.4) is 0 Å². The second-order valence-corrected chi connectivity index (χ2v) is 9.04. The average molecular weight is 331 g/mol. The van der Waals surface area contributed by atoms with Crippen LogP contribution in [0, 0.1) is 0 Å². The molecule has 0 aromatic heterocycles. The van der Waals surface area contributed by atoms with Crippen LogP contribution < -0.4 is 5.73 Å². The molecule has 1 saturated heterocycles. The lowest BCUT2D eigenvalue weighted by molar-refractivity contribution is 0.127. The fraction of sp³-hybridized carbons (Fsp3) is 0.571. The van der Waals surface area contributed by atoms with E-state index in [9.17, 15) is 12.6 Å². The zero-order valence-electron chi connectivity index (χ0n) is 12.0. The highest BCUT2D eigenvalue weighted by Gasteiger charge is 2.30. The van der Waals surface area contributed by atoms with Crippen molar-refractivity contribution in [2.45, 2.75) is 36.1 Å². The Hall–Kier alpha value is -0.760. The lowest BCUT2D eigenvalue weighted by atomic mass is 10.2. The van der Waals surface area contributed by atoms with Gasteiger partial charge in [0, 0.05) is 29.7 Å². The SMILES string of the molecule is CC1OCCC1S(=O)CCS(=O)(=O)c1ccc(CN)cc1. The van der Waals surface area contributed by atoms with Crippen LogP contribution in [0.15, 0.2) is 29.2 Å². The minimum absolute atomic E-state index is 0.0557. The molecule has 0 amide bonds. The van der Waals surface area contributed by atoms with E-state index in [-0.39, 0.29) is 27.8 Å². The summed E-state index contributed by atoms with van der Waals surface area (Å²) >= 11 is 0. The largest absolute Gasteiger partial charge is 0.377 e. The molecule has 0 bridgehead atoms. The van der Waals surface area contributed by atoms with Gasteiger partial charge in [-0.3, -0.25) is 4.21 Å². The molecule has 0 saturated carbocycles. The predicted octanol–water partition coefficient (Wildman–Crippen LogP) is 0.845. The topological polar surface area (TPSA) is 86.5 Å². The van der Waals surface area contributed by atoms with E-state index in [1.165, 1.54) is 0 Å². The van der Waals surface area contributed by atoms with Gasteiger partial charge >= 0.3 is 0 Å². The van der Waals surface area contributed by atoms with Crippen molar-refractivity contribution in [1.29, 1.82) is 0 Å². The molecule has 1 heterocycles. The fourth-order valence-electron chi connectivity index (χ4n) is 2.35. The second kappa shape index (κ2) is 7.00. The molecule has 1 aromatic rings. The first-order chi connectivity index (χ1) is 9.94. The minimum atomic E-state index is -3.40. The van der Waals surface area contributed by atoms with Gasteiger partial charge in [0.25, 0.3) is 0 Å². The summed E-state index contributed by atoms with van der Waals surface area (Å²) < 4.78 is 42.0. The van der Waals surface area contributed by atoms with E-state index in [1.807, 2.05) is 6.92 Å². The smallest absolute Gasteiger partial charge is 0.179 e. The molecule has 1 aliphatic rings. The van der Waals surface area contributed by atoms with Crippen LogP contribution in [0.25, 0.3) is 0 Å². The van der Waals surface area contributed by atoms with Crippen LogP contribution in [-0.2, 0) is 31.9 Å². The van der Waals surface area contributed by atoms with Crippen molar-refractivity contribution in [2.24, 2.45) is 5.73 Å². The third kappa shape index (κ3) is 4.12. The zero-order valence-corrected chi connectivity index (χ0v) is 13.7. The van der Waals surface area contributed by atoms with Crippen LogP contribution in [0.5, 0.6) is 0 Å². The molecule has 2 N–H and O–H groups in total. The number of hydrogen-bond donors (Lipinski definition) is 1. The molecular weight excluding hydrogens is 310 g/mol. The highest BCUT2D eigenvalue weighted by Crippen LogP contribution is 2.20. The first kappa shape index (κ1) is 16.6. The van der Waals surface area contributed by atoms with Crippen LogP contribution in [0.4, 0.5) is 0 Å². The van der Waals surface area contributed by atoms with Gasteiger partial charge in [-0.2, -0.15) is 0 Å². The normalized spacial score (nSPS) is 24.1. The Morgan fingerprint density at radius 2 is 2.00 bits per heavy atom. The van der Waals surface area contributed by atoms with E-state index >= 15 is 0 Å². The highest BCUT2D eigenvalue weighted by molar-refractivity contribution is 7.93. The molecule has 7 heteroatoms. The number of nitrogens with two attached hydrogens (primary N) is 1. The Morgan fingerprint density at radius 3 is 2.52 bits per heavy atom. The van der Waals surface area contributed by atoms with Crippen molar-refractivity contribution in [2.75, 3.05) is 18.1 Å². The molecule has 1 aliphatic heterocycles. The summed E-state index contributed by atoms with van der Waals surface area (Å²) in [5, 5.41) is -0.0557. The van der Waals surface area contributed by atoms with E-state index < -0.39 is 20.6 Å². The average Bonchev–Trinajstić information content (AvgIpc) is 2.91. The Balaban J connectivity index is 1.98. The van der Waals surface area contributed by atoms with E-state index in [2.05, 4.69) is 0 Å². The number of sulfone groups is 1. The van der Waals surface area contributed by atoms with Gasteiger partial charge in [-0.05, 0) is 31.0 Å². The molecular formula is C14H21NO4S2. The lowest BCUT2D eigenvalue weighted by Gasteiger charge is -2.13. The van der Waals surface area contributed by atoms with Crippen molar-refractivity contribution in [3.8, 4) is 0 Å². The Morgan fingerprint density at radius 1 is 1.33 bits per heavy atom. The van der Waals surface area contributed by atoms with Crippen molar-refractivity contribution < 1.29 is 17.4 Å². The molecule has 3 atom stereocenters. The van der Waals surface area contributed by atoms with E-state index in [0.717, 1.165) is 12.0 Å². The molecule has 118 valence electrons. The maximum atomic E-state index is 12.2. The van der Waals surface area contributed by atoms with Gasteiger partial charge < -0.3 is 10.5 Å². The summed E-state index contributed by atoms with van der Waals surface area (Å²) in [6, 6.07) is 6.52.